The molecule has 3 aromatic carbocycles. The van der Waals surface area contributed by atoms with Gasteiger partial charge in [-0.2, -0.15) is 27.1 Å². The average molecular weight is 947 g/mol. The number of carbonyl (C=O) groups is 3. The predicted molar refractivity (Wildman–Crippen MR) is 232 cm³/mol. The molecule has 12 nitrogen and oxygen atoms in total. The number of ether oxygens (including phenoxy) is 1. The first-order chi connectivity index (χ1) is 31.7. The number of benzene rings is 3. The van der Waals surface area contributed by atoms with Crippen LogP contribution in [0.15, 0.2) is 66.7 Å². The number of hydrogen-bond acceptors (Lipinski definition) is 9. The topological polar surface area (TPSA) is 135 Å². The van der Waals surface area contributed by atoms with Gasteiger partial charge in [0.25, 0.3) is 11.8 Å². The zero-order valence-electron chi connectivity index (χ0n) is 36.1. The molecule has 2 aliphatic carbocycles. The fourth-order valence-corrected chi connectivity index (χ4v) is 10.3. The number of alkyl halides is 5. The van der Waals surface area contributed by atoms with Crippen LogP contribution in [-0.2, 0) is 41.1 Å². The molecule has 0 bridgehead atoms. The molecule has 0 unspecified atom stereocenters. The zero-order valence-corrected chi connectivity index (χ0v) is 36.9. The summed E-state index contributed by atoms with van der Waals surface area (Å²) in [5.74, 6) is -9.19. The maximum Gasteiger partial charge on any atom is 0.435 e. The van der Waals surface area contributed by atoms with Crippen LogP contribution in [-0.4, -0.2) is 74.3 Å². The van der Waals surface area contributed by atoms with E-state index in [1.165, 1.54) is 11.3 Å². The molecule has 2 N–H and O–H groups in total. The van der Waals surface area contributed by atoms with Crippen molar-refractivity contribution in [2.24, 2.45) is 5.92 Å². The number of rotatable bonds is 9. The van der Waals surface area contributed by atoms with Gasteiger partial charge >= 0.3 is 12.3 Å². The second kappa shape index (κ2) is 16.1. The lowest BCUT2D eigenvalue weighted by Crippen LogP contribution is -2.50. The zero-order chi connectivity index (χ0) is 47.3. The molecule has 0 radical (unpaired) electrons. The molecule has 20 heteroatoms. The van der Waals surface area contributed by atoms with E-state index >= 15 is 8.78 Å². The van der Waals surface area contributed by atoms with Crippen LogP contribution < -0.4 is 15.5 Å². The highest BCUT2D eigenvalue weighted by molar-refractivity contribution is 7.21. The molecule has 1 saturated heterocycles. The number of nitrogens with one attached hydrogen (secondary N) is 2. The summed E-state index contributed by atoms with van der Waals surface area (Å²) in [5, 5.41) is 9.57. The van der Waals surface area contributed by atoms with Crippen LogP contribution in [0.5, 0.6) is 0 Å². The number of piperazine rings is 1. The average Bonchev–Trinajstić information content (AvgIpc) is 3.48. The Bertz CT molecular complexity index is 2970. The SMILES string of the molecule is CC(C)(C)OC(=O)N1CCN(c2ccc(-c3nc4nc([C@H](Cc5cc(F)cc(F)c5)NC(=O)Cn5nc(C(F)(F)F)c6c5C(F)(F)[C@@H]5C[C@H]65)c(-c5ccc6c(c5)C(=O)NC6)cc4s3)cc2)CC1. The Morgan fingerprint density at radius 1 is 0.925 bits per heavy atom. The fourth-order valence-electron chi connectivity index (χ4n) is 9.32. The van der Waals surface area contributed by atoms with Crippen LogP contribution in [0.3, 0.4) is 0 Å². The minimum absolute atomic E-state index is 0.0697. The van der Waals surface area contributed by atoms with Crippen molar-refractivity contribution in [3.05, 3.63) is 118 Å². The molecule has 3 amide bonds. The van der Waals surface area contributed by atoms with Crippen molar-refractivity contribution in [1.29, 1.82) is 0 Å². The minimum Gasteiger partial charge on any atom is -0.444 e. The van der Waals surface area contributed by atoms with Gasteiger partial charge in [-0.15, -0.1) is 11.3 Å². The number of aromatic nitrogens is 4. The standard InChI is InChI=1S/C47H41F7N8O4S/c1-45(2,3)66-44(65)61-12-10-60(11-13-61)29-8-6-24(7-9-29)43-58-41-35(67-43)20-30(25-4-5-26-21-55-42(64)31(26)17-25)38(57-41)34(16-23-14-27(48)18-28(49)15-23)56-36(63)22-62-40-37(39(59-62)47(52,53)54)32-19-33(32)46(40,50)51/h4-9,14-15,17-18,20,32-34H,10-13,16,19,21-22H2,1-3H3,(H,55,64)(H,56,63)/t32-,33+,34-/m0/s1. The number of carbonyl (C=O) groups excluding carboxylic acids is 3. The lowest BCUT2D eigenvalue weighted by molar-refractivity contribution is -0.142. The van der Waals surface area contributed by atoms with Crippen LogP contribution in [0.2, 0.25) is 0 Å². The number of nitrogens with zero attached hydrogens (tertiary/aromatic N) is 6. The fraction of sp³-hybridized carbons (Fsp3) is 0.362. The maximum atomic E-state index is 15.5. The molecular weight excluding hydrogens is 906 g/mol. The van der Waals surface area contributed by atoms with Gasteiger partial charge in [0, 0.05) is 72.6 Å². The first-order valence-corrected chi connectivity index (χ1v) is 22.4. The van der Waals surface area contributed by atoms with Crippen LogP contribution in [0.4, 0.5) is 41.2 Å². The molecule has 6 aromatic rings. The monoisotopic (exact) mass is 946 g/mol. The number of pyridine rings is 1. The second-order valence-electron chi connectivity index (χ2n) is 18.3. The summed E-state index contributed by atoms with van der Waals surface area (Å²) < 4.78 is 109. The van der Waals surface area contributed by atoms with Gasteiger partial charge < -0.3 is 25.2 Å². The normalized spacial score (nSPS) is 18.9. The van der Waals surface area contributed by atoms with E-state index in [4.69, 9.17) is 14.7 Å². The Labute approximate surface area is 382 Å². The molecule has 4 aliphatic rings. The van der Waals surface area contributed by atoms with Crippen LogP contribution in [0, 0.1) is 17.6 Å². The highest BCUT2D eigenvalue weighted by Crippen LogP contribution is 2.68. The molecular formula is C47H41F7N8O4S. The third-order valence-electron chi connectivity index (χ3n) is 12.4. The molecule has 5 heterocycles. The molecule has 0 spiro atoms. The van der Waals surface area contributed by atoms with Crippen molar-refractivity contribution in [2.75, 3.05) is 31.1 Å². The number of hydrogen-bond donors (Lipinski definition) is 2. The van der Waals surface area contributed by atoms with E-state index in [1.54, 1.807) is 29.2 Å². The Balaban J connectivity index is 1.00. The summed E-state index contributed by atoms with van der Waals surface area (Å²) in [6.45, 7) is 6.87. The highest BCUT2D eigenvalue weighted by atomic mass is 32.1. The van der Waals surface area contributed by atoms with Crippen molar-refractivity contribution in [3.8, 4) is 21.7 Å². The molecule has 2 aliphatic heterocycles. The highest BCUT2D eigenvalue weighted by Gasteiger charge is 2.68. The summed E-state index contributed by atoms with van der Waals surface area (Å²) in [6.07, 6.45) is -5.86. The van der Waals surface area contributed by atoms with Crippen LogP contribution in [0.1, 0.15) is 83.3 Å². The Morgan fingerprint density at radius 3 is 2.31 bits per heavy atom. The molecule has 348 valence electrons. The summed E-state index contributed by atoms with van der Waals surface area (Å²) in [4.78, 5) is 53.1. The maximum absolute atomic E-state index is 15.5. The van der Waals surface area contributed by atoms with Gasteiger partial charge in [0.1, 0.15) is 34.5 Å². The van der Waals surface area contributed by atoms with Crippen molar-refractivity contribution in [2.45, 2.75) is 76.4 Å². The quantitative estimate of drug-likeness (QED) is 0.137. The second-order valence-corrected chi connectivity index (χ2v) is 19.3. The Kier molecular flexibility index (Phi) is 10.6. The molecule has 3 aromatic heterocycles. The molecule has 2 fully saturated rings. The smallest absolute Gasteiger partial charge is 0.435 e. The molecule has 10 rings (SSSR count). The van der Waals surface area contributed by atoms with E-state index in [0.717, 1.165) is 28.9 Å². The molecule has 3 atom stereocenters. The Morgan fingerprint density at radius 2 is 1.63 bits per heavy atom. The number of anilines is 1. The minimum atomic E-state index is -5.06. The number of thiazole rings is 1. The van der Waals surface area contributed by atoms with Gasteiger partial charge in [0.15, 0.2) is 11.3 Å². The van der Waals surface area contributed by atoms with Crippen molar-refractivity contribution < 1.29 is 49.9 Å². The lowest BCUT2D eigenvalue weighted by Gasteiger charge is -2.36. The third kappa shape index (κ3) is 8.44. The molecule has 67 heavy (non-hydrogen) atoms. The van der Waals surface area contributed by atoms with Gasteiger partial charge in [-0.05, 0) is 105 Å². The van der Waals surface area contributed by atoms with E-state index in [2.05, 4.69) is 20.6 Å². The van der Waals surface area contributed by atoms with E-state index in [0.29, 0.717) is 69.9 Å². The van der Waals surface area contributed by atoms with Gasteiger partial charge in [-0.3, -0.25) is 14.3 Å². The van der Waals surface area contributed by atoms with Gasteiger partial charge in [-0.1, -0.05) is 12.1 Å². The van der Waals surface area contributed by atoms with Crippen LogP contribution in [0.25, 0.3) is 32.0 Å². The summed E-state index contributed by atoms with van der Waals surface area (Å²) >= 11 is 1.31. The van der Waals surface area contributed by atoms with E-state index in [1.807, 2.05) is 45.0 Å². The molecule has 1 saturated carbocycles. The number of amides is 3. The first kappa shape index (κ1) is 44.3. The van der Waals surface area contributed by atoms with E-state index in [-0.39, 0.29) is 41.7 Å². The summed E-state index contributed by atoms with van der Waals surface area (Å²) in [7, 11) is 0. The summed E-state index contributed by atoms with van der Waals surface area (Å²) in [5.41, 5.74) is 0.449. The van der Waals surface area contributed by atoms with Gasteiger partial charge in [0.05, 0.1) is 16.4 Å². The first-order valence-electron chi connectivity index (χ1n) is 21.6. The van der Waals surface area contributed by atoms with Crippen LogP contribution >= 0.6 is 11.3 Å². The van der Waals surface area contributed by atoms with Gasteiger partial charge in [0.2, 0.25) is 5.91 Å². The largest absolute Gasteiger partial charge is 0.444 e. The van der Waals surface area contributed by atoms with E-state index < -0.39 is 76.6 Å². The summed E-state index contributed by atoms with van der Waals surface area (Å²) in [6, 6.07) is 16.1. The van der Waals surface area contributed by atoms with Crippen molar-refractivity contribution in [1.82, 2.24) is 35.3 Å². The van der Waals surface area contributed by atoms with Crippen molar-refractivity contribution >= 4 is 45.3 Å². The van der Waals surface area contributed by atoms with Gasteiger partial charge in [-0.25, -0.2) is 23.5 Å². The predicted octanol–water partition coefficient (Wildman–Crippen LogP) is 9.13. The number of halogens is 7. The van der Waals surface area contributed by atoms with E-state index in [9.17, 15) is 36.3 Å². The Hall–Kier alpha value is -6.57. The number of fused-ring (bicyclic) bond motifs is 5. The lowest BCUT2D eigenvalue weighted by atomic mass is 9.93. The third-order valence-corrected chi connectivity index (χ3v) is 13.5. The van der Waals surface area contributed by atoms with Crippen molar-refractivity contribution in [3.63, 3.8) is 0 Å².